The second kappa shape index (κ2) is 4.54. The fourth-order valence-electron chi connectivity index (χ4n) is 2.73. The van der Waals surface area contributed by atoms with E-state index >= 15 is 0 Å². The lowest BCUT2D eigenvalue weighted by molar-refractivity contribution is -0.0280. The van der Waals surface area contributed by atoms with E-state index < -0.39 is 5.60 Å². The van der Waals surface area contributed by atoms with Gasteiger partial charge in [-0.25, -0.2) is 0 Å². The summed E-state index contributed by atoms with van der Waals surface area (Å²) in [7, 11) is 0. The highest BCUT2D eigenvalue weighted by Gasteiger charge is 2.35. The number of hydrogen-bond acceptors (Lipinski definition) is 2. The third-order valence-corrected chi connectivity index (χ3v) is 3.99. The van der Waals surface area contributed by atoms with Crippen LogP contribution in [0.3, 0.4) is 0 Å². The van der Waals surface area contributed by atoms with Crippen LogP contribution >= 0.6 is 0 Å². The topological polar surface area (TPSA) is 33.1 Å². The van der Waals surface area contributed by atoms with Crippen LogP contribution in [-0.2, 0) is 6.42 Å². The quantitative estimate of drug-likeness (QED) is 0.829. The van der Waals surface area contributed by atoms with Gasteiger partial charge in [-0.3, -0.25) is 4.98 Å². The summed E-state index contributed by atoms with van der Waals surface area (Å²) in [5, 5.41) is 10.6. The highest BCUT2D eigenvalue weighted by Crippen LogP contribution is 2.37. The van der Waals surface area contributed by atoms with Crippen molar-refractivity contribution < 1.29 is 5.11 Å². The van der Waals surface area contributed by atoms with Gasteiger partial charge in [-0.05, 0) is 42.7 Å². The first kappa shape index (κ1) is 11.6. The average molecular weight is 219 g/mol. The van der Waals surface area contributed by atoms with Crippen molar-refractivity contribution in [2.45, 2.75) is 45.1 Å². The van der Waals surface area contributed by atoms with Crippen LogP contribution in [0.2, 0.25) is 0 Å². The molecule has 1 heterocycles. The van der Waals surface area contributed by atoms with Crippen molar-refractivity contribution in [2.24, 2.45) is 11.8 Å². The van der Waals surface area contributed by atoms with E-state index in [4.69, 9.17) is 0 Å². The average Bonchev–Trinajstić information content (AvgIpc) is 2.25. The maximum Gasteiger partial charge on any atom is 0.0691 e. The van der Waals surface area contributed by atoms with Crippen LogP contribution in [0.5, 0.6) is 0 Å². The van der Waals surface area contributed by atoms with Crippen molar-refractivity contribution in [2.75, 3.05) is 0 Å². The van der Waals surface area contributed by atoms with E-state index in [1.165, 1.54) is 0 Å². The van der Waals surface area contributed by atoms with E-state index in [0.717, 1.165) is 37.2 Å². The van der Waals surface area contributed by atoms with Crippen molar-refractivity contribution in [3.63, 3.8) is 0 Å². The summed E-state index contributed by atoms with van der Waals surface area (Å²) in [4.78, 5) is 4.10. The maximum atomic E-state index is 10.6. The van der Waals surface area contributed by atoms with Crippen molar-refractivity contribution in [3.05, 3.63) is 30.1 Å². The molecule has 1 N–H and O–H groups in total. The van der Waals surface area contributed by atoms with Gasteiger partial charge in [0.15, 0.2) is 0 Å². The van der Waals surface area contributed by atoms with E-state index in [-0.39, 0.29) is 0 Å². The van der Waals surface area contributed by atoms with Gasteiger partial charge in [-0.2, -0.15) is 0 Å². The Morgan fingerprint density at radius 1 is 1.44 bits per heavy atom. The van der Waals surface area contributed by atoms with Gasteiger partial charge >= 0.3 is 0 Å². The number of rotatable bonds is 2. The summed E-state index contributed by atoms with van der Waals surface area (Å²) in [6, 6.07) is 3.99. The molecule has 1 aliphatic carbocycles. The number of aliphatic hydroxyl groups is 1. The Balaban J connectivity index is 2.04. The number of hydrogen-bond donors (Lipinski definition) is 1. The molecule has 88 valence electrons. The van der Waals surface area contributed by atoms with E-state index in [1.54, 1.807) is 6.20 Å². The zero-order valence-electron chi connectivity index (χ0n) is 10.2. The molecule has 0 amide bonds. The summed E-state index contributed by atoms with van der Waals surface area (Å²) in [6.45, 7) is 4.53. The summed E-state index contributed by atoms with van der Waals surface area (Å²) >= 11 is 0. The van der Waals surface area contributed by atoms with Crippen LogP contribution in [0.4, 0.5) is 0 Å². The monoisotopic (exact) mass is 219 g/mol. The van der Waals surface area contributed by atoms with Gasteiger partial charge < -0.3 is 5.11 Å². The third-order valence-electron chi connectivity index (χ3n) is 3.99. The van der Waals surface area contributed by atoms with E-state index in [9.17, 15) is 5.11 Å². The summed E-state index contributed by atoms with van der Waals surface area (Å²) in [6.07, 6.45) is 7.37. The molecule has 0 radical (unpaired) electrons. The standard InChI is InChI=1S/C14H21NO/c1-11-5-6-14(16,8-12(11)2)9-13-4-3-7-15-10-13/h3-4,7,10-12,16H,5-6,8-9H2,1-2H3. The minimum Gasteiger partial charge on any atom is -0.390 e. The van der Waals surface area contributed by atoms with E-state index in [0.29, 0.717) is 5.92 Å². The molecule has 0 spiro atoms. The van der Waals surface area contributed by atoms with Crippen molar-refractivity contribution in [1.29, 1.82) is 0 Å². The van der Waals surface area contributed by atoms with Crippen LogP contribution in [-0.4, -0.2) is 15.7 Å². The largest absolute Gasteiger partial charge is 0.390 e. The van der Waals surface area contributed by atoms with Crippen LogP contribution in [0.25, 0.3) is 0 Å². The minimum absolute atomic E-state index is 0.505. The highest BCUT2D eigenvalue weighted by atomic mass is 16.3. The van der Waals surface area contributed by atoms with Gasteiger partial charge in [0.25, 0.3) is 0 Å². The smallest absolute Gasteiger partial charge is 0.0691 e. The Bertz CT molecular complexity index is 338. The lowest BCUT2D eigenvalue weighted by Gasteiger charge is -2.39. The minimum atomic E-state index is -0.505. The molecule has 0 aromatic carbocycles. The lowest BCUT2D eigenvalue weighted by Crippen LogP contribution is -2.39. The lowest BCUT2D eigenvalue weighted by atomic mass is 9.71. The van der Waals surface area contributed by atoms with E-state index in [2.05, 4.69) is 18.8 Å². The predicted molar refractivity (Wildman–Crippen MR) is 65.1 cm³/mol. The van der Waals surface area contributed by atoms with Gasteiger partial charge in [-0.1, -0.05) is 19.9 Å². The molecule has 2 nitrogen and oxygen atoms in total. The molecule has 1 aromatic rings. The van der Waals surface area contributed by atoms with Gasteiger partial charge in [0.2, 0.25) is 0 Å². The Kier molecular flexibility index (Phi) is 3.29. The van der Waals surface area contributed by atoms with Crippen molar-refractivity contribution >= 4 is 0 Å². The predicted octanol–water partition coefficient (Wildman–Crippen LogP) is 2.81. The van der Waals surface area contributed by atoms with Gasteiger partial charge in [0, 0.05) is 18.8 Å². The number of nitrogens with zero attached hydrogens (tertiary/aromatic N) is 1. The SMILES string of the molecule is CC1CCC(O)(Cc2cccnc2)CC1C. The van der Waals surface area contributed by atoms with Gasteiger partial charge in [0.1, 0.15) is 0 Å². The molecule has 3 atom stereocenters. The second-order valence-corrected chi connectivity index (χ2v) is 5.46. The molecule has 0 bridgehead atoms. The first-order valence-electron chi connectivity index (χ1n) is 6.20. The van der Waals surface area contributed by atoms with Crippen LogP contribution in [0, 0.1) is 11.8 Å². The molecule has 1 saturated carbocycles. The van der Waals surface area contributed by atoms with Crippen LogP contribution in [0.15, 0.2) is 24.5 Å². The van der Waals surface area contributed by atoms with Gasteiger partial charge in [-0.15, -0.1) is 0 Å². The molecule has 1 aromatic heterocycles. The first-order chi connectivity index (χ1) is 7.59. The maximum absolute atomic E-state index is 10.6. The molecular formula is C14H21NO. The summed E-state index contributed by atoms with van der Waals surface area (Å²) in [5.41, 5.74) is 0.640. The van der Waals surface area contributed by atoms with Crippen molar-refractivity contribution in [1.82, 2.24) is 4.98 Å². The molecule has 3 unspecified atom stereocenters. The molecule has 1 fully saturated rings. The second-order valence-electron chi connectivity index (χ2n) is 5.46. The molecule has 1 aliphatic rings. The zero-order valence-corrected chi connectivity index (χ0v) is 10.2. The summed E-state index contributed by atoms with van der Waals surface area (Å²) in [5.74, 6) is 1.37. The molecule has 0 aliphatic heterocycles. The fraction of sp³-hybridized carbons (Fsp3) is 0.643. The number of pyridine rings is 1. The molecule has 0 saturated heterocycles. The fourth-order valence-corrected chi connectivity index (χ4v) is 2.73. The zero-order chi connectivity index (χ0) is 11.6. The highest BCUT2D eigenvalue weighted by molar-refractivity contribution is 5.12. The van der Waals surface area contributed by atoms with Crippen LogP contribution < -0.4 is 0 Å². The number of aromatic nitrogens is 1. The first-order valence-corrected chi connectivity index (χ1v) is 6.20. The Morgan fingerprint density at radius 2 is 2.25 bits per heavy atom. The third kappa shape index (κ3) is 2.62. The van der Waals surface area contributed by atoms with Crippen LogP contribution in [0.1, 0.15) is 38.7 Å². The van der Waals surface area contributed by atoms with Gasteiger partial charge in [0.05, 0.1) is 5.60 Å². The Morgan fingerprint density at radius 3 is 2.88 bits per heavy atom. The molecule has 2 rings (SSSR count). The molecule has 16 heavy (non-hydrogen) atoms. The summed E-state index contributed by atoms with van der Waals surface area (Å²) < 4.78 is 0. The Labute approximate surface area is 97.7 Å². The molecule has 2 heteroatoms. The van der Waals surface area contributed by atoms with E-state index in [1.807, 2.05) is 18.3 Å². The van der Waals surface area contributed by atoms with Crippen molar-refractivity contribution in [3.8, 4) is 0 Å². The molecular weight excluding hydrogens is 198 g/mol. The normalized spacial score (nSPS) is 34.9. The Hall–Kier alpha value is -0.890.